The summed E-state index contributed by atoms with van der Waals surface area (Å²) < 4.78 is 10.5. The third-order valence-corrected chi connectivity index (χ3v) is 4.33. The number of halogens is 1. The quantitative estimate of drug-likeness (QED) is 0.900. The van der Waals surface area contributed by atoms with Crippen LogP contribution in [0.25, 0.3) is 0 Å². The summed E-state index contributed by atoms with van der Waals surface area (Å²) in [6, 6.07) is 3.16. The number of carbonyl (C=O) groups is 1. The van der Waals surface area contributed by atoms with E-state index in [9.17, 15) is 9.90 Å². The normalized spacial score (nSPS) is 19.3. The Morgan fingerprint density at radius 2 is 2.05 bits per heavy atom. The van der Waals surface area contributed by atoms with E-state index in [2.05, 4.69) is 5.32 Å². The number of aliphatic hydroxyl groups is 1. The number of hydrogen-bond acceptors (Lipinski definition) is 4. The zero-order valence-electron chi connectivity index (χ0n) is 11.7. The zero-order valence-corrected chi connectivity index (χ0v) is 12.4. The highest BCUT2D eigenvalue weighted by Gasteiger charge is 2.30. The minimum Gasteiger partial charge on any atom is -0.454 e. The Hall–Kier alpha value is -1.46. The van der Waals surface area contributed by atoms with Gasteiger partial charge in [0.1, 0.15) is 0 Å². The molecule has 1 saturated carbocycles. The van der Waals surface area contributed by atoms with E-state index in [1.807, 2.05) is 0 Å². The third-order valence-electron chi connectivity index (χ3n) is 4.05. The molecule has 0 aromatic heterocycles. The van der Waals surface area contributed by atoms with Crippen LogP contribution in [0.4, 0.5) is 0 Å². The Morgan fingerprint density at radius 1 is 1.29 bits per heavy atom. The summed E-state index contributed by atoms with van der Waals surface area (Å²) in [6.45, 7) is 0.373. The second kappa shape index (κ2) is 5.73. The molecule has 1 aliphatic carbocycles. The Kier molecular flexibility index (Phi) is 3.95. The van der Waals surface area contributed by atoms with Crippen LogP contribution in [0.3, 0.4) is 0 Å². The van der Waals surface area contributed by atoms with Crippen molar-refractivity contribution in [3.8, 4) is 11.5 Å². The first kappa shape index (κ1) is 14.5. The minimum absolute atomic E-state index is 0.111. The van der Waals surface area contributed by atoms with Gasteiger partial charge in [0.15, 0.2) is 11.5 Å². The summed E-state index contributed by atoms with van der Waals surface area (Å²) in [5.74, 6) is 0.678. The van der Waals surface area contributed by atoms with Crippen LogP contribution in [0.5, 0.6) is 11.5 Å². The van der Waals surface area contributed by atoms with Crippen molar-refractivity contribution in [2.75, 3.05) is 13.3 Å². The van der Waals surface area contributed by atoms with Crippen molar-refractivity contribution in [2.24, 2.45) is 0 Å². The second-order valence-corrected chi connectivity index (χ2v) is 6.07. The van der Waals surface area contributed by atoms with E-state index in [-0.39, 0.29) is 19.2 Å². The van der Waals surface area contributed by atoms with E-state index < -0.39 is 5.60 Å². The van der Waals surface area contributed by atoms with Gasteiger partial charge in [0, 0.05) is 12.1 Å². The molecule has 2 aliphatic rings. The topological polar surface area (TPSA) is 67.8 Å². The van der Waals surface area contributed by atoms with Gasteiger partial charge in [-0.1, -0.05) is 30.9 Å². The fourth-order valence-electron chi connectivity index (χ4n) is 2.83. The number of benzene rings is 1. The number of fused-ring (bicyclic) bond motifs is 1. The summed E-state index contributed by atoms with van der Waals surface area (Å²) in [5, 5.41) is 13.5. The van der Waals surface area contributed by atoms with Gasteiger partial charge in [0.2, 0.25) is 6.79 Å². The average Bonchev–Trinajstić information content (AvgIpc) is 2.94. The molecule has 1 amide bonds. The smallest absolute Gasteiger partial charge is 0.251 e. The molecule has 1 aliphatic heterocycles. The predicted molar refractivity (Wildman–Crippen MR) is 77.9 cm³/mol. The molecule has 6 heteroatoms. The van der Waals surface area contributed by atoms with Crippen molar-refractivity contribution in [3.05, 3.63) is 22.7 Å². The molecule has 114 valence electrons. The molecule has 21 heavy (non-hydrogen) atoms. The molecule has 2 N–H and O–H groups in total. The summed E-state index contributed by atoms with van der Waals surface area (Å²) >= 11 is 6.06. The molecule has 1 heterocycles. The molecular formula is C15H18ClNO4. The van der Waals surface area contributed by atoms with E-state index in [4.69, 9.17) is 21.1 Å². The molecule has 1 fully saturated rings. The largest absolute Gasteiger partial charge is 0.454 e. The van der Waals surface area contributed by atoms with Gasteiger partial charge in [-0.2, -0.15) is 0 Å². The standard InChI is InChI=1S/C15H18ClNO4/c16-11-6-10(7-12-13(11)21-9-20-12)14(18)17-8-15(19)4-2-1-3-5-15/h6-7,19H,1-5,8-9H2,(H,17,18). The van der Waals surface area contributed by atoms with Crippen molar-refractivity contribution in [2.45, 2.75) is 37.7 Å². The highest BCUT2D eigenvalue weighted by atomic mass is 35.5. The molecular weight excluding hydrogens is 294 g/mol. The number of rotatable bonds is 3. The number of nitrogens with one attached hydrogen (secondary N) is 1. The van der Waals surface area contributed by atoms with Gasteiger partial charge in [-0.25, -0.2) is 0 Å². The van der Waals surface area contributed by atoms with Gasteiger partial charge in [0.25, 0.3) is 5.91 Å². The van der Waals surface area contributed by atoms with E-state index in [0.717, 1.165) is 32.1 Å². The first-order valence-electron chi connectivity index (χ1n) is 7.17. The van der Waals surface area contributed by atoms with Crippen molar-refractivity contribution in [1.82, 2.24) is 5.32 Å². The summed E-state index contributed by atoms with van der Waals surface area (Å²) in [7, 11) is 0. The minimum atomic E-state index is -0.784. The summed E-state index contributed by atoms with van der Waals surface area (Å²) in [4.78, 5) is 12.2. The molecule has 0 radical (unpaired) electrons. The van der Waals surface area contributed by atoms with Crippen molar-refractivity contribution >= 4 is 17.5 Å². The van der Waals surface area contributed by atoms with E-state index in [1.54, 1.807) is 12.1 Å². The van der Waals surface area contributed by atoms with Crippen molar-refractivity contribution in [1.29, 1.82) is 0 Å². The van der Waals surface area contributed by atoms with Crippen LogP contribution < -0.4 is 14.8 Å². The van der Waals surface area contributed by atoms with E-state index >= 15 is 0 Å². The number of amides is 1. The fraction of sp³-hybridized carbons (Fsp3) is 0.533. The molecule has 5 nitrogen and oxygen atoms in total. The van der Waals surface area contributed by atoms with Crippen LogP contribution >= 0.6 is 11.6 Å². The highest BCUT2D eigenvalue weighted by Crippen LogP contribution is 2.39. The Labute approximate surface area is 128 Å². The molecule has 0 atom stereocenters. The lowest BCUT2D eigenvalue weighted by atomic mass is 9.85. The zero-order chi connectivity index (χ0) is 14.9. The lowest BCUT2D eigenvalue weighted by Gasteiger charge is -2.32. The maximum absolute atomic E-state index is 12.2. The maximum Gasteiger partial charge on any atom is 0.251 e. The summed E-state index contributed by atoms with van der Waals surface area (Å²) in [5.41, 5.74) is -0.378. The van der Waals surface area contributed by atoms with Gasteiger partial charge in [-0.15, -0.1) is 0 Å². The molecule has 3 rings (SSSR count). The highest BCUT2D eigenvalue weighted by molar-refractivity contribution is 6.32. The SMILES string of the molecule is O=C(NCC1(O)CCCCC1)c1cc(Cl)c2c(c1)OCO2. The fourth-order valence-corrected chi connectivity index (χ4v) is 3.10. The summed E-state index contributed by atoms with van der Waals surface area (Å²) in [6.07, 6.45) is 4.61. The van der Waals surface area contributed by atoms with Crippen LogP contribution in [0.2, 0.25) is 5.02 Å². The van der Waals surface area contributed by atoms with Gasteiger partial charge in [0.05, 0.1) is 10.6 Å². The van der Waals surface area contributed by atoms with Crippen molar-refractivity contribution in [3.63, 3.8) is 0 Å². The van der Waals surface area contributed by atoms with Crippen LogP contribution in [0, 0.1) is 0 Å². The Bertz CT molecular complexity index is 555. The molecule has 0 spiro atoms. The first-order valence-corrected chi connectivity index (χ1v) is 7.55. The predicted octanol–water partition coefficient (Wildman–Crippen LogP) is 2.49. The van der Waals surface area contributed by atoms with Crippen molar-refractivity contribution < 1.29 is 19.4 Å². The Morgan fingerprint density at radius 3 is 2.81 bits per heavy atom. The number of ether oxygens (including phenoxy) is 2. The van der Waals surface area contributed by atoms with Crippen LogP contribution in [0.1, 0.15) is 42.5 Å². The van der Waals surface area contributed by atoms with Crippen LogP contribution in [-0.4, -0.2) is 30.0 Å². The van der Waals surface area contributed by atoms with Crippen LogP contribution in [-0.2, 0) is 0 Å². The molecule has 0 bridgehead atoms. The lowest BCUT2D eigenvalue weighted by molar-refractivity contribution is 0.00525. The monoisotopic (exact) mass is 311 g/mol. The molecule has 0 unspecified atom stereocenters. The first-order chi connectivity index (χ1) is 10.1. The molecule has 1 aromatic carbocycles. The van der Waals surface area contributed by atoms with Gasteiger partial charge < -0.3 is 19.9 Å². The average molecular weight is 312 g/mol. The van der Waals surface area contributed by atoms with Gasteiger partial charge >= 0.3 is 0 Å². The lowest BCUT2D eigenvalue weighted by Crippen LogP contribution is -2.44. The van der Waals surface area contributed by atoms with E-state index in [0.29, 0.717) is 22.1 Å². The number of hydrogen-bond donors (Lipinski definition) is 2. The third kappa shape index (κ3) is 3.09. The van der Waals surface area contributed by atoms with Gasteiger partial charge in [-0.3, -0.25) is 4.79 Å². The number of carbonyl (C=O) groups excluding carboxylic acids is 1. The second-order valence-electron chi connectivity index (χ2n) is 5.66. The molecule has 0 saturated heterocycles. The van der Waals surface area contributed by atoms with Crippen LogP contribution in [0.15, 0.2) is 12.1 Å². The van der Waals surface area contributed by atoms with E-state index in [1.165, 1.54) is 0 Å². The van der Waals surface area contributed by atoms with Gasteiger partial charge in [-0.05, 0) is 25.0 Å². The maximum atomic E-state index is 12.2. The Balaban J connectivity index is 1.67. The molecule has 1 aromatic rings.